The van der Waals surface area contributed by atoms with Crippen LogP contribution < -0.4 is 5.32 Å². The predicted molar refractivity (Wildman–Crippen MR) is 86.4 cm³/mol. The van der Waals surface area contributed by atoms with Gasteiger partial charge in [-0.05, 0) is 37.7 Å². The smallest absolute Gasteiger partial charge is 0.0494 e. The molecule has 1 heterocycles. The average Bonchev–Trinajstić information content (AvgIpc) is 3.34. The fourth-order valence-electron chi connectivity index (χ4n) is 3.05. The highest BCUT2D eigenvalue weighted by atomic mass is 16.5. The summed E-state index contributed by atoms with van der Waals surface area (Å²) in [5, 5.41) is 3.67. The summed E-state index contributed by atoms with van der Waals surface area (Å²) in [7, 11) is 0. The minimum Gasteiger partial charge on any atom is -0.381 e. The maximum absolute atomic E-state index is 5.75. The van der Waals surface area contributed by atoms with Crippen LogP contribution in [0.4, 0.5) is 0 Å². The first-order chi connectivity index (χ1) is 10.3. The van der Waals surface area contributed by atoms with Crippen LogP contribution >= 0.6 is 0 Å². The molecular formula is C18H28N2O. The Morgan fingerprint density at radius 2 is 2.05 bits per heavy atom. The molecule has 0 aromatic heterocycles. The molecule has 2 aliphatic rings. The van der Waals surface area contributed by atoms with E-state index in [4.69, 9.17) is 4.74 Å². The molecule has 1 aliphatic heterocycles. The van der Waals surface area contributed by atoms with Crippen LogP contribution in [0.5, 0.6) is 0 Å². The summed E-state index contributed by atoms with van der Waals surface area (Å²) in [6.07, 6.45) is 3.92. The Morgan fingerprint density at radius 3 is 2.81 bits per heavy atom. The van der Waals surface area contributed by atoms with E-state index in [2.05, 4.69) is 47.5 Å². The molecule has 3 rings (SSSR count). The Morgan fingerprint density at radius 1 is 1.24 bits per heavy atom. The van der Waals surface area contributed by atoms with Crippen molar-refractivity contribution in [1.29, 1.82) is 0 Å². The number of piperazine rings is 1. The number of hydrogen-bond donors (Lipinski definition) is 1. The van der Waals surface area contributed by atoms with Crippen molar-refractivity contribution in [2.75, 3.05) is 32.8 Å². The van der Waals surface area contributed by atoms with Gasteiger partial charge in [-0.3, -0.25) is 4.90 Å². The molecule has 1 saturated heterocycles. The van der Waals surface area contributed by atoms with Crippen molar-refractivity contribution < 1.29 is 4.74 Å². The second-order valence-corrected chi connectivity index (χ2v) is 6.59. The van der Waals surface area contributed by atoms with Gasteiger partial charge in [0.1, 0.15) is 0 Å². The van der Waals surface area contributed by atoms with E-state index in [0.717, 1.165) is 45.2 Å². The summed E-state index contributed by atoms with van der Waals surface area (Å²) in [5.74, 6) is 0.880. The lowest BCUT2D eigenvalue weighted by molar-refractivity contribution is 0.0921. The highest BCUT2D eigenvalue weighted by molar-refractivity contribution is 5.20. The van der Waals surface area contributed by atoms with Gasteiger partial charge in [0.05, 0.1) is 0 Å². The summed E-state index contributed by atoms with van der Waals surface area (Å²) >= 11 is 0. The number of nitrogens with one attached hydrogen (secondary N) is 1. The maximum atomic E-state index is 5.75. The van der Waals surface area contributed by atoms with Crippen molar-refractivity contribution in [3.63, 3.8) is 0 Å². The van der Waals surface area contributed by atoms with Gasteiger partial charge in [-0.1, -0.05) is 30.3 Å². The summed E-state index contributed by atoms with van der Waals surface area (Å²) in [4.78, 5) is 2.61. The lowest BCUT2D eigenvalue weighted by Gasteiger charge is -2.39. The van der Waals surface area contributed by atoms with Gasteiger partial charge in [-0.15, -0.1) is 0 Å². The largest absolute Gasteiger partial charge is 0.381 e. The molecule has 21 heavy (non-hydrogen) atoms. The second kappa shape index (κ2) is 7.39. The topological polar surface area (TPSA) is 24.5 Å². The quantitative estimate of drug-likeness (QED) is 0.781. The molecule has 3 heteroatoms. The monoisotopic (exact) mass is 288 g/mol. The Hall–Kier alpha value is -0.900. The SMILES string of the molecule is CC1CNC(c2ccccc2)CN1CCCOCC1CC1. The molecule has 1 aromatic rings. The van der Waals surface area contributed by atoms with Gasteiger partial charge in [-0.2, -0.15) is 0 Å². The highest BCUT2D eigenvalue weighted by Gasteiger charge is 2.25. The fraction of sp³-hybridized carbons (Fsp3) is 0.667. The third kappa shape index (κ3) is 4.53. The normalized spacial score (nSPS) is 26.9. The third-order valence-electron chi connectivity index (χ3n) is 4.69. The van der Waals surface area contributed by atoms with Gasteiger partial charge in [0.15, 0.2) is 0 Å². The van der Waals surface area contributed by atoms with Crippen LogP contribution in [0.1, 0.15) is 37.8 Å². The van der Waals surface area contributed by atoms with Crippen molar-refractivity contribution in [2.24, 2.45) is 5.92 Å². The minimum absolute atomic E-state index is 0.467. The van der Waals surface area contributed by atoms with E-state index in [-0.39, 0.29) is 0 Å². The summed E-state index contributed by atoms with van der Waals surface area (Å²) in [6, 6.07) is 11.9. The number of benzene rings is 1. The molecule has 0 radical (unpaired) electrons. The van der Waals surface area contributed by atoms with Gasteiger partial charge in [-0.25, -0.2) is 0 Å². The van der Waals surface area contributed by atoms with E-state index < -0.39 is 0 Å². The first kappa shape index (κ1) is 15.0. The van der Waals surface area contributed by atoms with Gasteiger partial charge >= 0.3 is 0 Å². The highest BCUT2D eigenvalue weighted by Crippen LogP contribution is 2.28. The van der Waals surface area contributed by atoms with Crippen LogP contribution in [0, 0.1) is 5.92 Å². The van der Waals surface area contributed by atoms with E-state index in [1.54, 1.807) is 0 Å². The number of nitrogens with zero attached hydrogens (tertiary/aromatic N) is 1. The van der Waals surface area contributed by atoms with Crippen molar-refractivity contribution in [1.82, 2.24) is 10.2 Å². The van der Waals surface area contributed by atoms with Crippen LogP contribution in [-0.4, -0.2) is 43.8 Å². The zero-order valence-corrected chi connectivity index (χ0v) is 13.1. The number of rotatable bonds is 7. The van der Waals surface area contributed by atoms with E-state index in [0.29, 0.717) is 12.1 Å². The van der Waals surface area contributed by atoms with Crippen molar-refractivity contribution >= 4 is 0 Å². The zero-order valence-electron chi connectivity index (χ0n) is 13.1. The summed E-state index contributed by atoms with van der Waals surface area (Å²) in [6.45, 7) is 7.55. The molecule has 1 N–H and O–H groups in total. The Balaban J connectivity index is 1.42. The molecular weight excluding hydrogens is 260 g/mol. The van der Waals surface area contributed by atoms with E-state index in [1.165, 1.54) is 18.4 Å². The van der Waals surface area contributed by atoms with Crippen molar-refractivity contribution in [2.45, 2.75) is 38.3 Å². The van der Waals surface area contributed by atoms with Gasteiger partial charge in [0.2, 0.25) is 0 Å². The van der Waals surface area contributed by atoms with Crippen LogP contribution in [0.25, 0.3) is 0 Å². The molecule has 1 aliphatic carbocycles. The van der Waals surface area contributed by atoms with Crippen LogP contribution in [0.2, 0.25) is 0 Å². The molecule has 0 spiro atoms. The van der Waals surface area contributed by atoms with Gasteiger partial charge < -0.3 is 10.1 Å². The fourth-order valence-corrected chi connectivity index (χ4v) is 3.05. The Kier molecular flexibility index (Phi) is 5.28. The predicted octanol–water partition coefficient (Wildman–Crippen LogP) is 2.84. The standard InChI is InChI=1S/C18H28N2O/c1-15-12-19-18(17-6-3-2-4-7-17)13-20(15)10-5-11-21-14-16-8-9-16/h2-4,6-7,15-16,18-19H,5,8-14H2,1H3. The molecule has 2 fully saturated rings. The Labute approximate surface area is 128 Å². The van der Waals surface area contributed by atoms with Crippen LogP contribution in [-0.2, 0) is 4.74 Å². The number of ether oxygens (including phenoxy) is 1. The molecule has 3 nitrogen and oxygen atoms in total. The summed E-state index contributed by atoms with van der Waals surface area (Å²) < 4.78 is 5.75. The molecule has 0 bridgehead atoms. The molecule has 1 saturated carbocycles. The lowest BCUT2D eigenvalue weighted by atomic mass is 10.0. The van der Waals surface area contributed by atoms with E-state index >= 15 is 0 Å². The first-order valence-electron chi connectivity index (χ1n) is 8.43. The number of hydrogen-bond acceptors (Lipinski definition) is 3. The molecule has 1 aromatic carbocycles. The van der Waals surface area contributed by atoms with Crippen molar-refractivity contribution in [3.05, 3.63) is 35.9 Å². The van der Waals surface area contributed by atoms with Gasteiger partial charge in [0.25, 0.3) is 0 Å². The summed E-state index contributed by atoms with van der Waals surface area (Å²) in [5.41, 5.74) is 1.40. The molecule has 2 atom stereocenters. The molecule has 2 unspecified atom stereocenters. The lowest BCUT2D eigenvalue weighted by Crippen LogP contribution is -2.51. The third-order valence-corrected chi connectivity index (χ3v) is 4.69. The van der Waals surface area contributed by atoms with E-state index in [9.17, 15) is 0 Å². The molecule has 0 amide bonds. The molecule has 116 valence electrons. The first-order valence-corrected chi connectivity index (χ1v) is 8.43. The van der Waals surface area contributed by atoms with Crippen LogP contribution in [0.3, 0.4) is 0 Å². The van der Waals surface area contributed by atoms with Gasteiger partial charge in [0, 0.05) is 44.9 Å². The minimum atomic E-state index is 0.467. The maximum Gasteiger partial charge on any atom is 0.0494 e. The van der Waals surface area contributed by atoms with Crippen molar-refractivity contribution in [3.8, 4) is 0 Å². The van der Waals surface area contributed by atoms with E-state index in [1.807, 2.05) is 0 Å². The average molecular weight is 288 g/mol. The Bertz CT molecular complexity index is 418. The zero-order chi connectivity index (χ0) is 14.5. The van der Waals surface area contributed by atoms with Crippen LogP contribution in [0.15, 0.2) is 30.3 Å². The second-order valence-electron chi connectivity index (χ2n) is 6.59.